The van der Waals surface area contributed by atoms with Gasteiger partial charge >= 0.3 is 0 Å². The van der Waals surface area contributed by atoms with Crippen LogP contribution in [0.15, 0.2) is 35.3 Å². The van der Waals surface area contributed by atoms with Crippen LogP contribution in [0.5, 0.6) is 0 Å². The number of nitrogens with two attached hydrogens (primary N) is 1. The lowest BCUT2D eigenvalue weighted by Crippen LogP contribution is -2.23. The van der Waals surface area contributed by atoms with Gasteiger partial charge < -0.3 is 20.5 Å². The number of ether oxygens (including phenoxy) is 2. The first kappa shape index (κ1) is 14.8. The van der Waals surface area contributed by atoms with Gasteiger partial charge in [0.25, 0.3) is 0 Å². The van der Waals surface area contributed by atoms with Crippen LogP contribution in [0, 0.1) is 5.92 Å². The summed E-state index contributed by atoms with van der Waals surface area (Å²) in [5, 5.41) is 3.05. The van der Waals surface area contributed by atoms with Crippen molar-refractivity contribution in [3.8, 4) is 0 Å². The molecule has 1 saturated heterocycles. The molecule has 2 rings (SSSR count). The normalized spacial score (nSPS) is 19.2. The third-order valence-corrected chi connectivity index (χ3v) is 3.15. The van der Waals surface area contributed by atoms with E-state index in [1.165, 1.54) is 0 Å². The molecule has 5 nitrogen and oxygen atoms in total. The molecule has 3 N–H and O–H groups in total. The van der Waals surface area contributed by atoms with Crippen molar-refractivity contribution in [1.82, 2.24) is 0 Å². The van der Waals surface area contributed by atoms with E-state index in [4.69, 9.17) is 15.2 Å². The number of guanidine groups is 1. The third-order valence-electron chi connectivity index (χ3n) is 3.15. The summed E-state index contributed by atoms with van der Waals surface area (Å²) in [4.78, 5) is 4.27. The van der Waals surface area contributed by atoms with E-state index < -0.39 is 0 Å². The lowest BCUT2D eigenvalue weighted by atomic mass is 10.1. The number of nitrogens with one attached hydrogen (secondary N) is 1. The Labute approximate surface area is 120 Å². The van der Waals surface area contributed by atoms with Crippen LogP contribution in [0.1, 0.15) is 12.8 Å². The molecule has 1 fully saturated rings. The fraction of sp³-hybridized carbons (Fsp3) is 0.533. The number of para-hydroxylation sites is 1. The van der Waals surface area contributed by atoms with Gasteiger partial charge in [-0.15, -0.1) is 0 Å². The minimum absolute atomic E-state index is 0.445. The van der Waals surface area contributed by atoms with E-state index in [1.807, 2.05) is 30.3 Å². The van der Waals surface area contributed by atoms with E-state index >= 15 is 0 Å². The summed E-state index contributed by atoms with van der Waals surface area (Å²) in [7, 11) is 0. The molecule has 1 aliphatic rings. The predicted molar refractivity (Wildman–Crippen MR) is 80.9 cm³/mol. The maximum Gasteiger partial charge on any atom is 0.193 e. The van der Waals surface area contributed by atoms with Gasteiger partial charge in [0.05, 0.1) is 13.2 Å². The molecule has 1 atom stereocenters. The summed E-state index contributed by atoms with van der Waals surface area (Å²) in [6, 6.07) is 9.78. The number of benzene rings is 1. The average Bonchev–Trinajstić information content (AvgIpc) is 2.97. The molecule has 0 spiro atoms. The number of hydrogen-bond donors (Lipinski definition) is 2. The van der Waals surface area contributed by atoms with Crippen LogP contribution in [0.2, 0.25) is 0 Å². The van der Waals surface area contributed by atoms with Crippen LogP contribution in [0.25, 0.3) is 0 Å². The number of anilines is 1. The van der Waals surface area contributed by atoms with Crippen LogP contribution < -0.4 is 11.1 Å². The molecule has 5 heteroatoms. The molecule has 0 radical (unpaired) electrons. The monoisotopic (exact) mass is 277 g/mol. The van der Waals surface area contributed by atoms with Crippen molar-refractivity contribution >= 4 is 11.6 Å². The molecule has 1 aromatic carbocycles. The summed E-state index contributed by atoms with van der Waals surface area (Å²) < 4.78 is 10.9. The highest BCUT2D eigenvalue weighted by Gasteiger charge is 2.14. The van der Waals surface area contributed by atoms with Crippen molar-refractivity contribution in [2.24, 2.45) is 16.6 Å². The second kappa shape index (κ2) is 8.55. The highest BCUT2D eigenvalue weighted by atomic mass is 16.5. The second-order valence-corrected chi connectivity index (χ2v) is 4.92. The zero-order chi connectivity index (χ0) is 14.0. The van der Waals surface area contributed by atoms with E-state index in [1.54, 1.807) is 0 Å². The van der Waals surface area contributed by atoms with Crippen LogP contribution in [0.4, 0.5) is 5.69 Å². The minimum Gasteiger partial charge on any atom is -0.381 e. The molecule has 1 aliphatic heterocycles. The predicted octanol–water partition coefficient (Wildman–Crippen LogP) is 1.86. The van der Waals surface area contributed by atoms with Gasteiger partial charge in [0.1, 0.15) is 0 Å². The molecule has 0 saturated carbocycles. The standard InChI is InChI=1S/C15H23N3O2/c16-15(18-14-5-2-1-3-6-14)17-8-4-9-19-11-13-7-10-20-12-13/h1-3,5-6,13H,4,7-12H2,(H3,16,17,18). The van der Waals surface area contributed by atoms with E-state index in [9.17, 15) is 0 Å². The maximum atomic E-state index is 5.80. The number of aliphatic imine (C=N–C) groups is 1. The average molecular weight is 277 g/mol. The van der Waals surface area contributed by atoms with Crippen LogP contribution in [-0.4, -0.2) is 38.9 Å². The van der Waals surface area contributed by atoms with Gasteiger partial charge in [-0.25, -0.2) is 0 Å². The summed E-state index contributed by atoms with van der Waals surface area (Å²) >= 11 is 0. The first-order valence-electron chi connectivity index (χ1n) is 7.12. The van der Waals surface area contributed by atoms with E-state index in [-0.39, 0.29) is 0 Å². The fourth-order valence-corrected chi connectivity index (χ4v) is 2.04. The highest BCUT2D eigenvalue weighted by Crippen LogP contribution is 2.12. The molecule has 1 unspecified atom stereocenters. The van der Waals surface area contributed by atoms with Crippen LogP contribution in [-0.2, 0) is 9.47 Å². The minimum atomic E-state index is 0.445. The lowest BCUT2D eigenvalue weighted by molar-refractivity contribution is 0.0893. The fourth-order valence-electron chi connectivity index (χ4n) is 2.04. The maximum absolute atomic E-state index is 5.80. The Balaban J connectivity index is 1.53. The second-order valence-electron chi connectivity index (χ2n) is 4.92. The molecule has 110 valence electrons. The third kappa shape index (κ3) is 5.59. The summed E-state index contributed by atoms with van der Waals surface area (Å²) in [5.74, 6) is 1.02. The van der Waals surface area contributed by atoms with Gasteiger partial charge in [0.2, 0.25) is 0 Å². The molecule has 20 heavy (non-hydrogen) atoms. The molecule has 0 bridgehead atoms. The van der Waals surface area contributed by atoms with Gasteiger partial charge in [-0.1, -0.05) is 18.2 Å². The Kier molecular flexibility index (Phi) is 6.34. The largest absolute Gasteiger partial charge is 0.381 e. The summed E-state index contributed by atoms with van der Waals surface area (Å²) in [5.41, 5.74) is 6.75. The Morgan fingerprint density at radius 3 is 3.00 bits per heavy atom. The number of rotatable bonds is 7. The molecule has 0 amide bonds. The Morgan fingerprint density at radius 1 is 1.40 bits per heavy atom. The summed E-state index contributed by atoms with van der Waals surface area (Å²) in [6.07, 6.45) is 2.00. The van der Waals surface area contributed by atoms with Gasteiger partial charge in [0, 0.05) is 31.4 Å². The Bertz CT molecular complexity index is 403. The van der Waals surface area contributed by atoms with Crippen molar-refractivity contribution in [2.45, 2.75) is 12.8 Å². The lowest BCUT2D eigenvalue weighted by Gasteiger charge is -2.08. The zero-order valence-electron chi connectivity index (χ0n) is 11.8. The SMILES string of the molecule is NC(=NCCCOCC1CCOC1)Nc1ccccc1. The van der Waals surface area contributed by atoms with Crippen molar-refractivity contribution in [3.05, 3.63) is 30.3 Å². The van der Waals surface area contributed by atoms with Gasteiger partial charge in [-0.2, -0.15) is 0 Å². The zero-order valence-corrected chi connectivity index (χ0v) is 11.8. The molecule has 0 aromatic heterocycles. The van der Waals surface area contributed by atoms with Crippen molar-refractivity contribution < 1.29 is 9.47 Å². The Hall–Kier alpha value is -1.59. The molecule has 1 heterocycles. The molecular formula is C15H23N3O2. The highest BCUT2D eigenvalue weighted by molar-refractivity contribution is 5.92. The molecular weight excluding hydrogens is 254 g/mol. The first-order valence-corrected chi connectivity index (χ1v) is 7.12. The van der Waals surface area contributed by atoms with Gasteiger partial charge in [-0.05, 0) is 25.0 Å². The summed E-state index contributed by atoms with van der Waals surface area (Å²) in [6.45, 7) is 3.90. The van der Waals surface area contributed by atoms with Crippen molar-refractivity contribution in [2.75, 3.05) is 38.3 Å². The molecule has 1 aromatic rings. The topological polar surface area (TPSA) is 68.9 Å². The quantitative estimate of drug-likeness (QED) is 0.453. The molecule has 0 aliphatic carbocycles. The van der Waals surface area contributed by atoms with E-state index in [2.05, 4.69) is 10.3 Å². The van der Waals surface area contributed by atoms with E-state index in [0.717, 1.165) is 45.0 Å². The first-order chi connectivity index (χ1) is 9.84. The van der Waals surface area contributed by atoms with Crippen molar-refractivity contribution in [1.29, 1.82) is 0 Å². The van der Waals surface area contributed by atoms with E-state index in [0.29, 0.717) is 18.4 Å². The van der Waals surface area contributed by atoms with Crippen LogP contribution in [0.3, 0.4) is 0 Å². The Morgan fingerprint density at radius 2 is 2.25 bits per heavy atom. The number of nitrogens with zero attached hydrogens (tertiary/aromatic N) is 1. The van der Waals surface area contributed by atoms with Gasteiger partial charge in [-0.3, -0.25) is 4.99 Å². The number of hydrogen-bond acceptors (Lipinski definition) is 3. The smallest absolute Gasteiger partial charge is 0.193 e. The van der Waals surface area contributed by atoms with Crippen molar-refractivity contribution in [3.63, 3.8) is 0 Å². The van der Waals surface area contributed by atoms with Gasteiger partial charge in [0.15, 0.2) is 5.96 Å². The van der Waals surface area contributed by atoms with Crippen LogP contribution >= 0.6 is 0 Å².